The lowest BCUT2D eigenvalue weighted by Crippen LogP contribution is -2.08. The molecular weight excluding hydrogens is 439 g/mol. The largest absolute Gasteiger partial charge is 0.505 e. The van der Waals surface area contributed by atoms with E-state index in [-0.39, 0.29) is 22.6 Å². The second kappa shape index (κ2) is 9.25. The van der Waals surface area contributed by atoms with Crippen LogP contribution in [0.1, 0.15) is 36.8 Å². The quantitative estimate of drug-likeness (QED) is 0.393. The van der Waals surface area contributed by atoms with Crippen LogP contribution in [0, 0.1) is 35.0 Å². The van der Waals surface area contributed by atoms with Crippen LogP contribution in [-0.4, -0.2) is 10.2 Å². The number of phenols is 2. The number of benzene rings is 3. The molecule has 3 aromatic rings. The predicted molar refractivity (Wildman–Crippen MR) is 115 cm³/mol. The molecule has 0 saturated heterocycles. The first kappa shape index (κ1) is 22.8. The molecule has 1 unspecified atom stereocenters. The summed E-state index contributed by atoms with van der Waals surface area (Å²) >= 11 is 0. The van der Waals surface area contributed by atoms with E-state index in [0.29, 0.717) is 30.4 Å². The van der Waals surface area contributed by atoms with E-state index in [9.17, 15) is 32.2 Å². The van der Waals surface area contributed by atoms with Gasteiger partial charge >= 0.3 is 0 Å². The minimum absolute atomic E-state index is 0.0939. The fraction of sp³-hybridized carbons (Fsp3) is 0.231. The van der Waals surface area contributed by atoms with Gasteiger partial charge in [-0.25, -0.2) is 13.2 Å². The first-order chi connectivity index (χ1) is 15.8. The van der Waals surface area contributed by atoms with Gasteiger partial charge in [-0.15, -0.1) is 0 Å². The van der Waals surface area contributed by atoms with E-state index in [2.05, 4.69) is 0 Å². The van der Waals surface area contributed by atoms with Crippen molar-refractivity contribution in [1.82, 2.24) is 0 Å². The van der Waals surface area contributed by atoms with E-state index >= 15 is 0 Å². The van der Waals surface area contributed by atoms with E-state index in [1.165, 1.54) is 18.2 Å². The molecule has 0 radical (unpaired) electrons. The normalized spacial score (nSPS) is 16.0. The van der Waals surface area contributed by atoms with Crippen LogP contribution in [0.15, 0.2) is 48.5 Å². The van der Waals surface area contributed by atoms with Crippen LogP contribution >= 0.6 is 0 Å². The Morgan fingerprint density at radius 2 is 1.33 bits per heavy atom. The van der Waals surface area contributed by atoms with Gasteiger partial charge in [0.25, 0.3) is 0 Å². The third-order valence-corrected chi connectivity index (χ3v) is 6.15. The van der Waals surface area contributed by atoms with Gasteiger partial charge in [0.2, 0.25) is 11.6 Å². The summed E-state index contributed by atoms with van der Waals surface area (Å²) in [7, 11) is 0. The standard InChI is InChI=1S/C26H21F5O2/c27-20-13-15(5-8-18(20)19-10-12-22(33)26(31)24(19)29)2-1-14-3-6-16(7-4-14)17-9-11-21(32)25(30)23(17)28/h5-6,8-14,32-33H,1-4,7H2. The van der Waals surface area contributed by atoms with Crippen molar-refractivity contribution in [1.29, 1.82) is 0 Å². The van der Waals surface area contributed by atoms with Crippen LogP contribution in [0.2, 0.25) is 0 Å². The number of hydrogen-bond donors (Lipinski definition) is 2. The molecule has 0 spiro atoms. The number of halogens is 5. The molecule has 0 amide bonds. The fourth-order valence-electron chi connectivity index (χ4n) is 4.23. The van der Waals surface area contributed by atoms with Gasteiger partial charge in [-0.2, -0.15) is 8.78 Å². The van der Waals surface area contributed by atoms with Gasteiger partial charge in [0.05, 0.1) is 0 Å². The van der Waals surface area contributed by atoms with E-state index in [1.807, 2.05) is 6.08 Å². The van der Waals surface area contributed by atoms with Crippen molar-refractivity contribution in [3.05, 3.63) is 88.8 Å². The maximum absolute atomic E-state index is 14.6. The Hall–Kier alpha value is -3.35. The molecule has 0 aliphatic heterocycles. The second-order valence-corrected chi connectivity index (χ2v) is 8.24. The molecule has 0 bridgehead atoms. The number of rotatable bonds is 5. The summed E-state index contributed by atoms with van der Waals surface area (Å²) in [6, 6.07) is 8.94. The average Bonchev–Trinajstić information content (AvgIpc) is 2.81. The van der Waals surface area contributed by atoms with Crippen LogP contribution in [0.3, 0.4) is 0 Å². The van der Waals surface area contributed by atoms with E-state index in [4.69, 9.17) is 0 Å². The number of aromatic hydroxyl groups is 2. The molecule has 1 aliphatic rings. The molecule has 1 atom stereocenters. The average molecular weight is 460 g/mol. The van der Waals surface area contributed by atoms with Gasteiger partial charge in [0.15, 0.2) is 23.1 Å². The highest BCUT2D eigenvalue weighted by Gasteiger charge is 2.21. The number of hydrogen-bond acceptors (Lipinski definition) is 2. The van der Waals surface area contributed by atoms with Crippen molar-refractivity contribution in [3.8, 4) is 22.6 Å². The maximum Gasteiger partial charge on any atom is 0.200 e. The summed E-state index contributed by atoms with van der Waals surface area (Å²) in [5, 5.41) is 18.5. The highest BCUT2D eigenvalue weighted by molar-refractivity contribution is 5.68. The molecule has 172 valence electrons. The first-order valence-electron chi connectivity index (χ1n) is 10.6. The van der Waals surface area contributed by atoms with Crippen LogP contribution < -0.4 is 0 Å². The number of allylic oxidation sites excluding steroid dienone is 2. The molecule has 4 rings (SSSR count). The Morgan fingerprint density at radius 1 is 0.727 bits per heavy atom. The summed E-state index contributed by atoms with van der Waals surface area (Å²) < 4.78 is 70.0. The van der Waals surface area contributed by atoms with Crippen molar-refractivity contribution in [2.24, 2.45) is 5.92 Å². The molecule has 33 heavy (non-hydrogen) atoms. The highest BCUT2D eigenvalue weighted by Crippen LogP contribution is 2.36. The second-order valence-electron chi connectivity index (χ2n) is 8.24. The third kappa shape index (κ3) is 4.58. The molecule has 0 aromatic heterocycles. The van der Waals surface area contributed by atoms with Crippen molar-refractivity contribution in [2.75, 3.05) is 0 Å². The summed E-state index contributed by atoms with van der Waals surface area (Å²) in [6.45, 7) is 0. The molecule has 1 aliphatic carbocycles. The van der Waals surface area contributed by atoms with Gasteiger partial charge < -0.3 is 10.2 Å². The summed E-state index contributed by atoms with van der Waals surface area (Å²) in [5.41, 5.74) is 1.19. The number of phenolic OH excluding ortho intramolecular Hbond substituents is 2. The van der Waals surface area contributed by atoms with Gasteiger partial charge in [-0.1, -0.05) is 18.2 Å². The monoisotopic (exact) mass is 460 g/mol. The van der Waals surface area contributed by atoms with Crippen LogP contribution in [0.25, 0.3) is 16.7 Å². The van der Waals surface area contributed by atoms with Crippen molar-refractivity contribution in [3.63, 3.8) is 0 Å². The van der Waals surface area contributed by atoms with Gasteiger partial charge in [0, 0.05) is 16.7 Å². The van der Waals surface area contributed by atoms with Crippen LogP contribution in [0.4, 0.5) is 22.0 Å². The smallest absolute Gasteiger partial charge is 0.200 e. The molecule has 0 saturated carbocycles. The lowest BCUT2D eigenvalue weighted by molar-refractivity contribution is 0.405. The van der Waals surface area contributed by atoms with E-state index < -0.39 is 40.6 Å². The molecule has 7 heteroatoms. The maximum atomic E-state index is 14.6. The molecular formula is C26H21F5O2. The van der Waals surface area contributed by atoms with Crippen LogP contribution in [-0.2, 0) is 6.42 Å². The zero-order chi connectivity index (χ0) is 23.7. The van der Waals surface area contributed by atoms with E-state index in [0.717, 1.165) is 31.0 Å². The molecule has 0 heterocycles. The lowest BCUT2D eigenvalue weighted by atomic mass is 9.83. The first-order valence-corrected chi connectivity index (χ1v) is 10.6. The van der Waals surface area contributed by atoms with Gasteiger partial charge in [-0.3, -0.25) is 0 Å². The Balaban J connectivity index is 1.41. The minimum Gasteiger partial charge on any atom is -0.505 e. The molecule has 2 N–H and O–H groups in total. The molecule has 3 aromatic carbocycles. The Kier molecular flexibility index (Phi) is 6.40. The van der Waals surface area contributed by atoms with Crippen molar-refractivity contribution >= 4 is 5.57 Å². The summed E-state index contributed by atoms with van der Waals surface area (Å²) in [4.78, 5) is 0. The summed E-state index contributed by atoms with van der Waals surface area (Å²) in [6.07, 6.45) is 5.17. The van der Waals surface area contributed by atoms with Gasteiger partial charge in [-0.05, 0) is 79.5 Å². The molecule has 2 nitrogen and oxygen atoms in total. The topological polar surface area (TPSA) is 40.5 Å². The van der Waals surface area contributed by atoms with Crippen molar-refractivity contribution < 1.29 is 32.2 Å². The Bertz CT molecular complexity index is 1240. The van der Waals surface area contributed by atoms with Gasteiger partial charge in [0.1, 0.15) is 5.82 Å². The zero-order valence-corrected chi connectivity index (χ0v) is 17.5. The van der Waals surface area contributed by atoms with Crippen molar-refractivity contribution in [2.45, 2.75) is 32.1 Å². The zero-order valence-electron chi connectivity index (χ0n) is 17.5. The SMILES string of the molecule is Oc1ccc(C2=CCC(CCc3ccc(-c4ccc(O)c(F)c4F)c(F)c3)CC2)c(F)c1F. The Labute approximate surface area is 187 Å². The molecule has 0 fully saturated rings. The minimum atomic E-state index is -1.42. The van der Waals surface area contributed by atoms with Crippen LogP contribution in [0.5, 0.6) is 11.5 Å². The summed E-state index contributed by atoms with van der Waals surface area (Å²) in [5.74, 6) is -7.00. The predicted octanol–water partition coefficient (Wildman–Crippen LogP) is 7.28. The third-order valence-electron chi connectivity index (χ3n) is 6.15. The number of aryl methyl sites for hydroxylation is 1. The lowest BCUT2D eigenvalue weighted by Gasteiger charge is -2.22. The fourth-order valence-corrected chi connectivity index (χ4v) is 4.23. The van der Waals surface area contributed by atoms with E-state index in [1.54, 1.807) is 6.07 Å². The Morgan fingerprint density at radius 3 is 1.94 bits per heavy atom. The highest BCUT2D eigenvalue weighted by atomic mass is 19.2.